The highest BCUT2D eigenvalue weighted by Gasteiger charge is 2.12. The van der Waals surface area contributed by atoms with Gasteiger partial charge in [0.05, 0.1) is 21.3 Å². The Morgan fingerprint density at radius 3 is 2.00 bits per heavy atom. The monoisotopic (exact) mass is 330 g/mol. The Kier molecular flexibility index (Phi) is 5.58. The molecule has 0 fully saturated rings. The van der Waals surface area contributed by atoms with Gasteiger partial charge >= 0.3 is 0 Å². The van der Waals surface area contributed by atoms with Crippen LogP contribution in [0, 0.1) is 0 Å². The van der Waals surface area contributed by atoms with Gasteiger partial charge in [-0.15, -0.1) is 0 Å². The average molecular weight is 330 g/mol. The van der Waals surface area contributed by atoms with Crippen molar-refractivity contribution in [3.8, 4) is 28.7 Å². The lowest BCUT2D eigenvalue weighted by atomic mass is 10.1. The minimum atomic E-state index is -0.127. The molecule has 128 valence electrons. The molecule has 2 aromatic carbocycles. The number of methoxy groups -OCH3 is 3. The predicted octanol–water partition coefficient (Wildman–Crippen LogP) is 3.86. The Balaban J connectivity index is 2.41. The Bertz CT molecular complexity index is 725. The molecule has 5 heteroatoms. The summed E-state index contributed by atoms with van der Waals surface area (Å²) in [6.07, 6.45) is 4.16. The van der Waals surface area contributed by atoms with Crippen LogP contribution in [0.5, 0.6) is 28.7 Å². The van der Waals surface area contributed by atoms with Crippen LogP contribution in [0.4, 0.5) is 0 Å². The van der Waals surface area contributed by atoms with Crippen molar-refractivity contribution in [3.63, 3.8) is 0 Å². The zero-order valence-electron chi connectivity index (χ0n) is 14.3. The maximum Gasteiger partial charge on any atom is 0.203 e. The molecule has 2 aromatic rings. The van der Waals surface area contributed by atoms with Gasteiger partial charge in [0.2, 0.25) is 5.75 Å². The molecule has 0 spiro atoms. The first-order valence-corrected chi connectivity index (χ1v) is 7.57. The third-order valence-corrected chi connectivity index (χ3v) is 3.79. The third-order valence-electron chi connectivity index (χ3n) is 3.79. The van der Waals surface area contributed by atoms with Crippen LogP contribution in [-0.4, -0.2) is 31.5 Å². The van der Waals surface area contributed by atoms with E-state index in [0.29, 0.717) is 34.8 Å². The molecule has 0 radical (unpaired) electrons. The van der Waals surface area contributed by atoms with Crippen molar-refractivity contribution in [1.29, 1.82) is 0 Å². The van der Waals surface area contributed by atoms with E-state index in [1.54, 1.807) is 57.7 Å². The van der Waals surface area contributed by atoms with Crippen LogP contribution in [0.15, 0.2) is 24.3 Å². The molecule has 0 aromatic heterocycles. The summed E-state index contributed by atoms with van der Waals surface area (Å²) in [6, 6.07) is 7.16. The molecular formula is C19H22O5. The van der Waals surface area contributed by atoms with Gasteiger partial charge in [0.1, 0.15) is 0 Å². The topological polar surface area (TPSA) is 68.2 Å². The van der Waals surface area contributed by atoms with E-state index in [9.17, 15) is 10.2 Å². The summed E-state index contributed by atoms with van der Waals surface area (Å²) in [5, 5.41) is 20.1. The number of aromatic hydroxyl groups is 2. The van der Waals surface area contributed by atoms with Gasteiger partial charge in [-0.3, -0.25) is 0 Å². The van der Waals surface area contributed by atoms with Crippen molar-refractivity contribution in [2.24, 2.45) is 0 Å². The van der Waals surface area contributed by atoms with Crippen LogP contribution < -0.4 is 14.2 Å². The van der Waals surface area contributed by atoms with Crippen molar-refractivity contribution in [1.82, 2.24) is 0 Å². The summed E-state index contributed by atoms with van der Waals surface area (Å²) in [5.41, 5.74) is 2.04. The molecule has 0 unspecified atom stereocenters. The Morgan fingerprint density at radius 1 is 0.875 bits per heavy atom. The molecule has 0 heterocycles. The second kappa shape index (κ2) is 7.64. The Hall–Kier alpha value is -2.82. The van der Waals surface area contributed by atoms with E-state index < -0.39 is 0 Å². The van der Waals surface area contributed by atoms with Crippen molar-refractivity contribution >= 4 is 12.2 Å². The van der Waals surface area contributed by atoms with Gasteiger partial charge in [0, 0.05) is 5.56 Å². The summed E-state index contributed by atoms with van der Waals surface area (Å²) in [4.78, 5) is 0. The fourth-order valence-corrected chi connectivity index (χ4v) is 2.44. The van der Waals surface area contributed by atoms with E-state index >= 15 is 0 Å². The molecule has 0 aliphatic carbocycles. The maximum atomic E-state index is 10.1. The highest BCUT2D eigenvalue weighted by molar-refractivity contribution is 5.76. The molecule has 2 N–H and O–H groups in total. The minimum absolute atomic E-state index is 0.0791. The second-order valence-electron chi connectivity index (χ2n) is 5.16. The molecule has 2 rings (SSSR count). The van der Waals surface area contributed by atoms with Crippen LogP contribution >= 0.6 is 0 Å². The summed E-state index contributed by atoms with van der Waals surface area (Å²) in [7, 11) is 4.65. The number of benzene rings is 2. The number of hydrogen-bond acceptors (Lipinski definition) is 5. The molecule has 24 heavy (non-hydrogen) atoms. The van der Waals surface area contributed by atoms with Crippen LogP contribution in [0.1, 0.15) is 23.6 Å². The first-order valence-electron chi connectivity index (χ1n) is 7.57. The normalized spacial score (nSPS) is 10.8. The largest absolute Gasteiger partial charge is 0.504 e. The predicted molar refractivity (Wildman–Crippen MR) is 94.2 cm³/mol. The summed E-state index contributed by atoms with van der Waals surface area (Å²) >= 11 is 0. The Labute approximate surface area is 141 Å². The van der Waals surface area contributed by atoms with E-state index in [2.05, 4.69) is 0 Å². The third kappa shape index (κ3) is 3.40. The maximum absolute atomic E-state index is 10.1. The second-order valence-corrected chi connectivity index (χ2v) is 5.16. The van der Waals surface area contributed by atoms with Gasteiger partial charge in [-0.25, -0.2) is 0 Å². The van der Waals surface area contributed by atoms with Gasteiger partial charge in [-0.2, -0.15) is 0 Å². The number of phenolic OH excluding ortho intramolecular Hbond substituents is 2. The smallest absolute Gasteiger partial charge is 0.203 e. The number of rotatable bonds is 6. The van der Waals surface area contributed by atoms with Crippen LogP contribution in [0.2, 0.25) is 0 Å². The summed E-state index contributed by atoms with van der Waals surface area (Å²) in [5.74, 6) is 1.40. The zero-order valence-corrected chi connectivity index (χ0v) is 14.3. The van der Waals surface area contributed by atoms with Crippen LogP contribution in [0.3, 0.4) is 0 Å². The molecule has 0 saturated carbocycles. The van der Waals surface area contributed by atoms with Crippen molar-refractivity contribution in [2.75, 3.05) is 21.3 Å². The van der Waals surface area contributed by atoms with Gasteiger partial charge in [-0.1, -0.05) is 31.2 Å². The average Bonchev–Trinajstić information content (AvgIpc) is 2.61. The van der Waals surface area contributed by atoms with Crippen molar-refractivity contribution in [3.05, 3.63) is 41.0 Å². The first-order chi connectivity index (χ1) is 11.5. The van der Waals surface area contributed by atoms with Crippen molar-refractivity contribution in [2.45, 2.75) is 13.3 Å². The first kappa shape index (κ1) is 17.5. The van der Waals surface area contributed by atoms with Gasteiger partial charge in [0.15, 0.2) is 23.0 Å². The lowest BCUT2D eigenvalue weighted by Gasteiger charge is -2.13. The SMILES string of the molecule is CCc1ccc(/C=C\c2cc(OC)c(OC)c(OC)c2)c(O)c1O. The highest BCUT2D eigenvalue weighted by atomic mass is 16.5. The molecule has 0 saturated heterocycles. The lowest BCUT2D eigenvalue weighted by molar-refractivity contribution is 0.324. The van der Waals surface area contributed by atoms with Crippen molar-refractivity contribution < 1.29 is 24.4 Å². The molecule has 0 bridgehead atoms. The van der Waals surface area contributed by atoms with E-state index in [0.717, 1.165) is 5.56 Å². The van der Waals surface area contributed by atoms with Gasteiger partial charge in [-0.05, 0) is 29.7 Å². The van der Waals surface area contributed by atoms with E-state index in [4.69, 9.17) is 14.2 Å². The molecule has 0 aliphatic heterocycles. The lowest BCUT2D eigenvalue weighted by Crippen LogP contribution is -1.95. The van der Waals surface area contributed by atoms with E-state index in [1.807, 2.05) is 6.92 Å². The number of aryl methyl sites for hydroxylation is 1. The number of ether oxygens (including phenoxy) is 3. The zero-order chi connectivity index (χ0) is 17.7. The summed E-state index contributed by atoms with van der Waals surface area (Å²) in [6.45, 7) is 1.92. The molecule has 0 aliphatic rings. The van der Waals surface area contributed by atoms with E-state index in [-0.39, 0.29) is 11.5 Å². The molecule has 5 nitrogen and oxygen atoms in total. The molecular weight excluding hydrogens is 308 g/mol. The van der Waals surface area contributed by atoms with Crippen LogP contribution in [-0.2, 0) is 6.42 Å². The standard InChI is InChI=1S/C19H22O5/c1-5-13-8-9-14(18(21)17(13)20)7-6-12-10-15(22-2)19(24-4)16(11-12)23-3/h6-11,20-21H,5H2,1-4H3/b7-6-. The van der Waals surface area contributed by atoms with Gasteiger partial charge < -0.3 is 24.4 Å². The number of phenols is 2. The highest BCUT2D eigenvalue weighted by Crippen LogP contribution is 2.39. The fraction of sp³-hybridized carbons (Fsp3) is 0.263. The minimum Gasteiger partial charge on any atom is -0.504 e. The molecule has 0 atom stereocenters. The fourth-order valence-electron chi connectivity index (χ4n) is 2.44. The Morgan fingerprint density at radius 2 is 1.50 bits per heavy atom. The quantitative estimate of drug-likeness (QED) is 0.622. The van der Waals surface area contributed by atoms with E-state index in [1.165, 1.54) is 0 Å². The van der Waals surface area contributed by atoms with Gasteiger partial charge in [0.25, 0.3) is 0 Å². The summed E-state index contributed by atoms with van der Waals surface area (Å²) < 4.78 is 15.9. The number of hydrogen-bond donors (Lipinski definition) is 2. The van der Waals surface area contributed by atoms with Crippen LogP contribution in [0.25, 0.3) is 12.2 Å². The molecule has 0 amide bonds.